The summed E-state index contributed by atoms with van der Waals surface area (Å²) in [6.45, 7) is 3.20. The zero-order chi connectivity index (χ0) is 11.4. The average Bonchev–Trinajstić information content (AvgIpc) is 2.15. The number of rotatable bonds is 3. The minimum absolute atomic E-state index is 0.164. The van der Waals surface area contributed by atoms with Crippen molar-refractivity contribution in [3.05, 3.63) is 35.4 Å². The Morgan fingerprint density at radius 3 is 2.60 bits per heavy atom. The van der Waals surface area contributed by atoms with Crippen molar-refractivity contribution in [2.75, 3.05) is 0 Å². The topological polar surface area (TPSA) is 26.3 Å². The zero-order valence-corrected chi connectivity index (χ0v) is 8.59. The molecule has 0 saturated heterocycles. The van der Waals surface area contributed by atoms with Crippen LogP contribution in [-0.4, -0.2) is 5.97 Å². The van der Waals surface area contributed by atoms with Crippen LogP contribution in [0, 0.1) is 17.6 Å². The number of esters is 1. The van der Waals surface area contributed by atoms with Crippen molar-refractivity contribution < 1.29 is 18.3 Å². The van der Waals surface area contributed by atoms with E-state index in [0.717, 1.165) is 12.1 Å². The molecule has 1 rings (SSSR count). The molecule has 0 unspecified atom stereocenters. The molecule has 0 atom stereocenters. The van der Waals surface area contributed by atoms with Gasteiger partial charge in [-0.1, -0.05) is 13.8 Å². The second kappa shape index (κ2) is 4.87. The van der Waals surface area contributed by atoms with Crippen molar-refractivity contribution in [2.24, 2.45) is 5.92 Å². The third-order valence-electron chi connectivity index (χ3n) is 1.86. The summed E-state index contributed by atoms with van der Waals surface area (Å²) in [5.41, 5.74) is 0.172. The standard InChI is InChI=1S/C11H12F2O2/c1-7(2)11(14)15-6-8-3-4-9(12)5-10(8)13/h3-5,7H,6H2,1-2H3. The number of hydrogen-bond acceptors (Lipinski definition) is 2. The highest BCUT2D eigenvalue weighted by atomic mass is 19.1. The lowest BCUT2D eigenvalue weighted by Crippen LogP contribution is -2.11. The maximum absolute atomic E-state index is 13.1. The first-order chi connectivity index (χ1) is 7.00. The molecule has 0 aliphatic carbocycles. The molecule has 0 aliphatic rings. The maximum Gasteiger partial charge on any atom is 0.308 e. The minimum atomic E-state index is -0.702. The molecule has 82 valence electrons. The lowest BCUT2D eigenvalue weighted by atomic mass is 10.2. The number of ether oxygens (including phenoxy) is 1. The first-order valence-corrected chi connectivity index (χ1v) is 4.61. The summed E-state index contributed by atoms with van der Waals surface area (Å²) < 4.78 is 30.4. The second-order valence-corrected chi connectivity index (χ2v) is 3.50. The number of benzene rings is 1. The summed E-state index contributed by atoms with van der Waals surface area (Å²) >= 11 is 0. The van der Waals surface area contributed by atoms with Gasteiger partial charge in [-0.15, -0.1) is 0 Å². The third kappa shape index (κ3) is 3.31. The maximum atomic E-state index is 13.1. The number of carbonyl (C=O) groups excluding carboxylic acids is 1. The monoisotopic (exact) mass is 214 g/mol. The van der Waals surface area contributed by atoms with Crippen LogP contribution in [0.2, 0.25) is 0 Å². The fraction of sp³-hybridized carbons (Fsp3) is 0.364. The molecule has 15 heavy (non-hydrogen) atoms. The molecule has 1 aromatic carbocycles. The molecule has 0 aliphatic heterocycles. The summed E-state index contributed by atoms with van der Waals surface area (Å²) in [4.78, 5) is 11.1. The van der Waals surface area contributed by atoms with Crippen LogP contribution < -0.4 is 0 Å². The van der Waals surface area contributed by atoms with Gasteiger partial charge in [0.1, 0.15) is 18.2 Å². The smallest absolute Gasteiger partial charge is 0.308 e. The van der Waals surface area contributed by atoms with E-state index in [0.29, 0.717) is 0 Å². The van der Waals surface area contributed by atoms with Gasteiger partial charge in [-0.3, -0.25) is 4.79 Å². The van der Waals surface area contributed by atoms with Crippen LogP contribution in [0.4, 0.5) is 8.78 Å². The predicted octanol–water partition coefficient (Wildman–Crippen LogP) is 2.66. The molecule has 4 heteroatoms. The molecule has 0 bridgehead atoms. The Balaban J connectivity index is 2.62. The molecule has 0 amide bonds. The second-order valence-electron chi connectivity index (χ2n) is 3.50. The zero-order valence-electron chi connectivity index (χ0n) is 8.59. The normalized spacial score (nSPS) is 10.5. The lowest BCUT2D eigenvalue weighted by Gasteiger charge is -2.07. The molecule has 0 saturated carbocycles. The summed E-state index contributed by atoms with van der Waals surface area (Å²) in [5, 5.41) is 0. The van der Waals surface area contributed by atoms with Gasteiger partial charge in [0.15, 0.2) is 0 Å². The summed E-state index contributed by atoms with van der Waals surface area (Å²) in [6, 6.07) is 3.15. The van der Waals surface area contributed by atoms with Crippen LogP contribution >= 0.6 is 0 Å². The van der Waals surface area contributed by atoms with Crippen molar-refractivity contribution in [3.8, 4) is 0 Å². The SMILES string of the molecule is CC(C)C(=O)OCc1ccc(F)cc1F. The quantitative estimate of drug-likeness (QED) is 0.723. The highest BCUT2D eigenvalue weighted by Crippen LogP contribution is 2.11. The van der Waals surface area contributed by atoms with Gasteiger partial charge in [0.2, 0.25) is 0 Å². The number of hydrogen-bond donors (Lipinski definition) is 0. The van der Waals surface area contributed by atoms with E-state index in [-0.39, 0.29) is 18.1 Å². The molecule has 0 N–H and O–H groups in total. The Morgan fingerprint density at radius 1 is 1.40 bits per heavy atom. The van der Waals surface area contributed by atoms with E-state index in [1.165, 1.54) is 6.07 Å². The Hall–Kier alpha value is -1.45. The first-order valence-electron chi connectivity index (χ1n) is 4.61. The van der Waals surface area contributed by atoms with Gasteiger partial charge < -0.3 is 4.74 Å². The molecule has 0 radical (unpaired) electrons. The van der Waals surface area contributed by atoms with Gasteiger partial charge in [-0.25, -0.2) is 8.78 Å². The molecule has 0 spiro atoms. The highest BCUT2D eigenvalue weighted by Gasteiger charge is 2.10. The van der Waals surface area contributed by atoms with Crippen LogP contribution in [0.15, 0.2) is 18.2 Å². The number of halogens is 2. The van der Waals surface area contributed by atoms with Gasteiger partial charge in [0, 0.05) is 11.6 Å². The molecule has 0 fully saturated rings. The first kappa shape index (κ1) is 11.6. The third-order valence-corrected chi connectivity index (χ3v) is 1.86. The Morgan fingerprint density at radius 2 is 2.07 bits per heavy atom. The van der Waals surface area contributed by atoms with Crippen molar-refractivity contribution in [1.29, 1.82) is 0 Å². The molecule has 0 aromatic heterocycles. The molecule has 2 nitrogen and oxygen atoms in total. The van der Waals surface area contributed by atoms with Crippen LogP contribution in [-0.2, 0) is 16.1 Å². The van der Waals surface area contributed by atoms with Gasteiger partial charge in [0.25, 0.3) is 0 Å². The van der Waals surface area contributed by atoms with E-state index in [1.807, 2.05) is 0 Å². The molecular formula is C11H12F2O2. The van der Waals surface area contributed by atoms with Crippen LogP contribution in [0.1, 0.15) is 19.4 Å². The van der Waals surface area contributed by atoms with Crippen molar-refractivity contribution in [2.45, 2.75) is 20.5 Å². The van der Waals surface area contributed by atoms with E-state index in [1.54, 1.807) is 13.8 Å². The lowest BCUT2D eigenvalue weighted by molar-refractivity contribution is -0.148. The molecule has 1 aromatic rings. The summed E-state index contributed by atoms with van der Waals surface area (Å²) in [6.07, 6.45) is 0. The van der Waals surface area contributed by atoms with E-state index in [4.69, 9.17) is 4.74 Å². The summed E-state index contributed by atoms with van der Waals surface area (Å²) in [5.74, 6) is -2.01. The molecule has 0 heterocycles. The minimum Gasteiger partial charge on any atom is -0.460 e. The van der Waals surface area contributed by atoms with Gasteiger partial charge in [-0.05, 0) is 12.1 Å². The largest absolute Gasteiger partial charge is 0.460 e. The van der Waals surface area contributed by atoms with Gasteiger partial charge >= 0.3 is 5.97 Å². The van der Waals surface area contributed by atoms with Gasteiger partial charge in [0.05, 0.1) is 5.92 Å². The van der Waals surface area contributed by atoms with Gasteiger partial charge in [-0.2, -0.15) is 0 Å². The van der Waals surface area contributed by atoms with Crippen LogP contribution in [0.25, 0.3) is 0 Å². The van der Waals surface area contributed by atoms with Crippen molar-refractivity contribution in [3.63, 3.8) is 0 Å². The van der Waals surface area contributed by atoms with E-state index >= 15 is 0 Å². The summed E-state index contributed by atoms with van der Waals surface area (Å²) in [7, 11) is 0. The molecular weight excluding hydrogens is 202 g/mol. The number of carbonyl (C=O) groups is 1. The predicted molar refractivity (Wildman–Crippen MR) is 51.0 cm³/mol. The van der Waals surface area contributed by atoms with Crippen LogP contribution in [0.3, 0.4) is 0 Å². The van der Waals surface area contributed by atoms with E-state index in [9.17, 15) is 13.6 Å². The highest BCUT2D eigenvalue weighted by molar-refractivity contribution is 5.71. The van der Waals surface area contributed by atoms with E-state index in [2.05, 4.69) is 0 Å². The Bertz CT molecular complexity index is 362. The fourth-order valence-corrected chi connectivity index (χ4v) is 0.954. The van der Waals surface area contributed by atoms with Crippen molar-refractivity contribution >= 4 is 5.97 Å². The Kier molecular flexibility index (Phi) is 3.77. The van der Waals surface area contributed by atoms with Crippen LogP contribution in [0.5, 0.6) is 0 Å². The average molecular weight is 214 g/mol. The van der Waals surface area contributed by atoms with Crippen molar-refractivity contribution in [1.82, 2.24) is 0 Å². The Labute approximate surface area is 86.9 Å². The fourth-order valence-electron chi connectivity index (χ4n) is 0.954. The van der Waals surface area contributed by atoms with E-state index < -0.39 is 17.6 Å².